The lowest BCUT2D eigenvalue weighted by Crippen LogP contribution is -2.24. The summed E-state index contributed by atoms with van der Waals surface area (Å²) in [5, 5.41) is 0.687. The average molecular weight is 286 g/mol. The van der Waals surface area contributed by atoms with Gasteiger partial charge in [-0.25, -0.2) is 9.59 Å². The van der Waals surface area contributed by atoms with Gasteiger partial charge in [0.05, 0.1) is 16.9 Å². The van der Waals surface area contributed by atoms with Gasteiger partial charge in [0.1, 0.15) is 5.58 Å². The fourth-order valence-corrected chi connectivity index (χ4v) is 2.39. The number of carbonyl (C=O) groups excluding carboxylic acids is 1. The molecule has 0 saturated heterocycles. The van der Waals surface area contributed by atoms with Gasteiger partial charge in [-0.05, 0) is 13.0 Å². The predicted molar refractivity (Wildman–Crippen MR) is 74.2 cm³/mol. The van der Waals surface area contributed by atoms with E-state index in [1.165, 1.54) is 6.08 Å². The first kappa shape index (κ1) is 13.2. The zero-order valence-corrected chi connectivity index (χ0v) is 11.3. The summed E-state index contributed by atoms with van der Waals surface area (Å²) in [5.74, 6) is -0.745. The molecule has 0 saturated carbocycles. The number of carbonyl (C=O) groups is 1. The number of hydrogen-bond donors (Lipinski definition) is 0. The van der Waals surface area contributed by atoms with E-state index in [0.29, 0.717) is 27.7 Å². The Bertz CT molecular complexity index is 847. The van der Waals surface area contributed by atoms with Crippen LogP contribution in [0.4, 0.5) is 5.69 Å². The van der Waals surface area contributed by atoms with E-state index in [2.05, 4.69) is 0 Å². The fraction of sp³-hybridized carbons (Fsp3) is 0.200. The topological polar surface area (TPSA) is 76.6 Å². The van der Waals surface area contributed by atoms with Crippen LogP contribution in [0.1, 0.15) is 12.5 Å². The van der Waals surface area contributed by atoms with Gasteiger partial charge in [-0.2, -0.15) is 0 Å². The molecule has 1 aliphatic heterocycles. The summed E-state index contributed by atoms with van der Waals surface area (Å²) < 4.78 is 10.3. The summed E-state index contributed by atoms with van der Waals surface area (Å²) in [4.78, 5) is 36.0. The molecule has 2 heterocycles. The summed E-state index contributed by atoms with van der Waals surface area (Å²) in [6.45, 7) is 1.80. The molecular formula is C15H12NO5+. The summed E-state index contributed by atoms with van der Waals surface area (Å²) in [6.07, 6.45) is 1.77. The molecule has 6 nitrogen and oxygen atoms in total. The number of ether oxygens (including phenoxy) is 1. The highest BCUT2D eigenvalue weighted by atomic mass is 16.5. The number of allylic oxidation sites excluding steroid dienone is 1. The minimum absolute atomic E-state index is 0.153. The lowest BCUT2D eigenvalue weighted by atomic mass is 10.0. The second-order valence-electron chi connectivity index (χ2n) is 4.52. The lowest BCUT2D eigenvalue weighted by molar-refractivity contribution is -0.408. The van der Waals surface area contributed by atoms with Crippen molar-refractivity contribution in [3.05, 3.63) is 56.9 Å². The largest absolute Gasteiger partial charge is 0.458 e. The number of nitroso groups, excluding NO2 is 1. The van der Waals surface area contributed by atoms with Crippen LogP contribution in [0.5, 0.6) is 0 Å². The molecule has 106 valence electrons. The first-order valence-corrected chi connectivity index (χ1v) is 6.52. The summed E-state index contributed by atoms with van der Waals surface area (Å²) in [5.41, 5.74) is -0.118. The highest BCUT2D eigenvalue weighted by molar-refractivity contribution is 5.89. The first-order valence-electron chi connectivity index (χ1n) is 6.52. The van der Waals surface area contributed by atoms with Crippen molar-refractivity contribution in [1.82, 2.24) is 0 Å². The molecule has 6 heteroatoms. The number of nitrogens with zero attached hydrogens (tertiary/aromatic N) is 1. The van der Waals surface area contributed by atoms with Crippen molar-refractivity contribution < 1.29 is 18.7 Å². The van der Waals surface area contributed by atoms with E-state index >= 15 is 0 Å². The molecule has 0 amide bonds. The van der Waals surface area contributed by atoms with Crippen LogP contribution in [0.15, 0.2) is 45.3 Å². The molecule has 0 N–H and O–H groups in total. The number of fused-ring (bicyclic) bond motifs is 3. The van der Waals surface area contributed by atoms with Gasteiger partial charge < -0.3 is 9.15 Å². The van der Waals surface area contributed by atoms with E-state index < -0.39 is 11.6 Å². The van der Waals surface area contributed by atoms with Crippen molar-refractivity contribution in [3.63, 3.8) is 0 Å². The second-order valence-corrected chi connectivity index (χ2v) is 4.52. The van der Waals surface area contributed by atoms with Crippen LogP contribution in [-0.4, -0.2) is 17.3 Å². The van der Waals surface area contributed by atoms with Gasteiger partial charge in [0, 0.05) is 22.8 Å². The molecule has 0 aliphatic carbocycles. The number of hydrogen-bond acceptors (Lipinski definition) is 5. The van der Waals surface area contributed by atoms with Gasteiger partial charge in [-0.15, -0.1) is 0 Å². The van der Waals surface area contributed by atoms with Crippen molar-refractivity contribution in [2.24, 2.45) is 0 Å². The van der Waals surface area contributed by atoms with E-state index in [1.807, 2.05) is 0 Å². The zero-order chi connectivity index (χ0) is 15.0. The molecule has 0 unspecified atom stereocenters. The summed E-state index contributed by atoms with van der Waals surface area (Å²) >= 11 is 0. The Morgan fingerprint density at radius 2 is 2.14 bits per heavy atom. The third-order valence-corrected chi connectivity index (χ3v) is 3.30. The third kappa shape index (κ3) is 2.05. The van der Waals surface area contributed by atoms with Gasteiger partial charge in [-0.3, -0.25) is 0 Å². The number of benzene rings is 1. The van der Waals surface area contributed by atoms with Crippen LogP contribution in [0.3, 0.4) is 0 Å². The van der Waals surface area contributed by atoms with Crippen LogP contribution >= 0.6 is 0 Å². The number of esters is 1. The van der Waals surface area contributed by atoms with Gasteiger partial charge >= 0.3 is 23.0 Å². The van der Waals surface area contributed by atoms with Crippen LogP contribution in [0.2, 0.25) is 0 Å². The Morgan fingerprint density at radius 1 is 1.38 bits per heavy atom. The zero-order valence-electron chi connectivity index (χ0n) is 11.3. The number of rotatable bonds is 2. The van der Waals surface area contributed by atoms with Crippen LogP contribution < -0.4 is 5.63 Å². The van der Waals surface area contributed by atoms with Gasteiger partial charge in [0.15, 0.2) is 0 Å². The Labute approximate surface area is 119 Å². The highest BCUT2D eigenvalue weighted by Crippen LogP contribution is 2.30. The quantitative estimate of drug-likeness (QED) is 0.480. The normalized spacial score (nSPS) is 13.8. The molecule has 1 aromatic heterocycles. The molecule has 1 aliphatic rings. The Kier molecular flexibility index (Phi) is 3.13. The molecule has 0 radical (unpaired) electrons. The molecule has 0 spiro atoms. The van der Waals surface area contributed by atoms with E-state index in [1.54, 1.807) is 31.2 Å². The molecule has 0 atom stereocenters. The summed E-state index contributed by atoms with van der Waals surface area (Å²) in [6, 6.07) is 6.97. The fourth-order valence-electron chi connectivity index (χ4n) is 2.39. The monoisotopic (exact) mass is 286 g/mol. The van der Waals surface area contributed by atoms with E-state index in [-0.39, 0.29) is 18.0 Å². The van der Waals surface area contributed by atoms with Crippen molar-refractivity contribution in [3.8, 4) is 0 Å². The van der Waals surface area contributed by atoms with E-state index in [4.69, 9.17) is 9.15 Å². The Hall–Kier alpha value is -2.76. The Morgan fingerprint density at radius 3 is 2.90 bits per heavy atom. The smallest absolute Gasteiger partial charge is 0.414 e. The SMILES string of the molecule is CCOC(=O)C1=CCc2c(c(=O)oc3ccccc23)[N+]1=O. The number of para-hydroxylation sites is 1. The van der Waals surface area contributed by atoms with E-state index in [0.717, 1.165) is 0 Å². The van der Waals surface area contributed by atoms with Crippen molar-refractivity contribution in [1.29, 1.82) is 0 Å². The van der Waals surface area contributed by atoms with Crippen molar-refractivity contribution >= 4 is 22.6 Å². The molecule has 3 rings (SSSR count). The van der Waals surface area contributed by atoms with Crippen LogP contribution in [0.25, 0.3) is 11.0 Å². The standard InChI is InChI=1S/C15H12NO5/c1-2-20-14(17)11-8-7-10-9-5-3-4-6-12(9)21-15(18)13(10)16(11)19/h3-6,8H,2,7H2,1H3/q+1. The summed E-state index contributed by atoms with van der Waals surface area (Å²) in [7, 11) is 0. The van der Waals surface area contributed by atoms with Crippen LogP contribution in [-0.2, 0) is 16.0 Å². The van der Waals surface area contributed by atoms with Crippen LogP contribution in [0, 0.1) is 4.91 Å². The lowest BCUT2D eigenvalue weighted by Gasteiger charge is -2.08. The minimum Gasteiger partial charge on any atom is -0.458 e. The minimum atomic E-state index is -0.756. The molecule has 21 heavy (non-hydrogen) atoms. The van der Waals surface area contributed by atoms with E-state index in [9.17, 15) is 14.5 Å². The second kappa shape index (κ2) is 4.97. The van der Waals surface area contributed by atoms with Gasteiger partial charge in [0.25, 0.3) is 0 Å². The maximum atomic E-state index is 12.3. The molecule has 2 aromatic rings. The first-order chi connectivity index (χ1) is 10.1. The van der Waals surface area contributed by atoms with Gasteiger partial charge in [-0.1, -0.05) is 18.2 Å². The average Bonchev–Trinajstić information content (AvgIpc) is 2.47. The Balaban J connectivity index is 2.19. The highest BCUT2D eigenvalue weighted by Gasteiger charge is 2.39. The van der Waals surface area contributed by atoms with Gasteiger partial charge in [0.2, 0.25) is 0 Å². The van der Waals surface area contributed by atoms with Crippen molar-refractivity contribution in [2.75, 3.05) is 6.61 Å². The third-order valence-electron chi connectivity index (χ3n) is 3.30. The molecule has 1 aromatic carbocycles. The predicted octanol–water partition coefficient (Wildman–Crippen LogP) is 2.21. The maximum absolute atomic E-state index is 12.3. The maximum Gasteiger partial charge on any atom is 0.414 e. The molecule has 0 bridgehead atoms. The van der Waals surface area contributed by atoms with Crippen molar-refractivity contribution in [2.45, 2.75) is 13.3 Å². The molecule has 0 fully saturated rings. The molecular weight excluding hydrogens is 274 g/mol.